The maximum atomic E-state index is 13.0. The summed E-state index contributed by atoms with van der Waals surface area (Å²) >= 11 is 0. The molecule has 194 valence electrons. The Morgan fingerprint density at radius 3 is 2.61 bits per heavy atom. The number of carbonyl (C=O) groups is 2. The standard InChI is InChI=1S/C25H20F3N7O3/c1-14-2-3-17(32-23(38)22-9-16(12-31-35-22)25(26,27)28)10-19(14)21-11-20(33-24(34-21)30-6-7-36)15-4-5-29-18(8-15)13-37/h2-5,8-13,36H,6-7H2,1H3,(H,32,38)(H,30,33,34). The Kier molecular flexibility index (Phi) is 7.67. The highest BCUT2D eigenvalue weighted by Crippen LogP contribution is 2.31. The molecule has 4 rings (SSSR count). The van der Waals surface area contributed by atoms with E-state index in [0.717, 1.165) is 5.56 Å². The van der Waals surface area contributed by atoms with Crippen molar-refractivity contribution in [1.29, 1.82) is 0 Å². The number of aldehydes is 1. The van der Waals surface area contributed by atoms with Crippen molar-refractivity contribution in [2.24, 2.45) is 0 Å². The normalized spacial score (nSPS) is 11.2. The summed E-state index contributed by atoms with van der Waals surface area (Å²) in [5.74, 6) is -0.658. The van der Waals surface area contributed by atoms with Crippen LogP contribution >= 0.6 is 0 Å². The Morgan fingerprint density at radius 1 is 1.08 bits per heavy atom. The molecule has 0 aliphatic carbocycles. The molecule has 0 bridgehead atoms. The highest BCUT2D eigenvalue weighted by atomic mass is 19.4. The molecule has 0 saturated carbocycles. The number of nitrogens with zero attached hydrogens (tertiary/aromatic N) is 5. The molecule has 4 aromatic rings. The number of aromatic nitrogens is 5. The largest absolute Gasteiger partial charge is 0.418 e. The van der Waals surface area contributed by atoms with E-state index in [0.29, 0.717) is 41.1 Å². The van der Waals surface area contributed by atoms with Gasteiger partial charge >= 0.3 is 6.18 Å². The minimum absolute atomic E-state index is 0.160. The predicted octanol–water partition coefficient (Wildman–Crippen LogP) is 3.79. The number of aliphatic hydroxyl groups is 1. The third kappa shape index (κ3) is 6.13. The zero-order valence-corrected chi connectivity index (χ0v) is 19.8. The zero-order chi connectivity index (χ0) is 27.3. The maximum absolute atomic E-state index is 13.0. The molecular weight excluding hydrogens is 503 g/mol. The Hall–Kier alpha value is -4.78. The Balaban J connectivity index is 1.71. The van der Waals surface area contributed by atoms with Gasteiger partial charge in [0.1, 0.15) is 5.69 Å². The number of hydrogen-bond donors (Lipinski definition) is 3. The van der Waals surface area contributed by atoms with E-state index in [9.17, 15) is 27.9 Å². The van der Waals surface area contributed by atoms with Crippen molar-refractivity contribution in [2.75, 3.05) is 23.8 Å². The molecule has 0 aliphatic rings. The van der Waals surface area contributed by atoms with Crippen molar-refractivity contribution in [3.63, 3.8) is 0 Å². The summed E-state index contributed by atoms with van der Waals surface area (Å²) in [6, 6.07) is 10.4. The van der Waals surface area contributed by atoms with Crippen LogP contribution in [0.25, 0.3) is 22.5 Å². The first-order valence-electron chi connectivity index (χ1n) is 11.2. The summed E-state index contributed by atoms with van der Waals surface area (Å²) in [4.78, 5) is 36.7. The number of anilines is 2. The van der Waals surface area contributed by atoms with Gasteiger partial charge in [-0.1, -0.05) is 6.07 Å². The second-order valence-corrected chi connectivity index (χ2v) is 8.01. The number of halogens is 3. The molecule has 3 N–H and O–H groups in total. The fourth-order valence-corrected chi connectivity index (χ4v) is 3.46. The fraction of sp³-hybridized carbons (Fsp3) is 0.160. The van der Waals surface area contributed by atoms with Gasteiger partial charge in [-0.05, 0) is 48.9 Å². The number of rotatable bonds is 8. The van der Waals surface area contributed by atoms with Crippen molar-refractivity contribution < 1.29 is 27.9 Å². The van der Waals surface area contributed by atoms with Crippen molar-refractivity contribution in [3.8, 4) is 22.5 Å². The van der Waals surface area contributed by atoms with Crippen LogP contribution in [-0.2, 0) is 6.18 Å². The lowest BCUT2D eigenvalue weighted by molar-refractivity contribution is -0.137. The van der Waals surface area contributed by atoms with Crippen molar-refractivity contribution in [2.45, 2.75) is 13.1 Å². The number of pyridine rings is 1. The third-order valence-electron chi connectivity index (χ3n) is 5.30. The summed E-state index contributed by atoms with van der Waals surface area (Å²) in [6.07, 6.45) is -2.05. The van der Waals surface area contributed by atoms with Gasteiger partial charge in [-0.25, -0.2) is 9.97 Å². The van der Waals surface area contributed by atoms with Gasteiger partial charge in [-0.3, -0.25) is 14.6 Å². The summed E-state index contributed by atoms with van der Waals surface area (Å²) < 4.78 is 39.0. The number of nitrogens with one attached hydrogen (secondary N) is 2. The lowest BCUT2D eigenvalue weighted by atomic mass is 10.0. The van der Waals surface area contributed by atoms with Gasteiger partial charge in [-0.2, -0.15) is 18.3 Å². The second kappa shape index (κ2) is 11.1. The van der Waals surface area contributed by atoms with Crippen LogP contribution in [0.4, 0.5) is 24.8 Å². The van der Waals surface area contributed by atoms with E-state index in [2.05, 4.69) is 35.8 Å². The van der Waals surface area contributed by atoms with Gasteiger partial charge in [0.2, 0.25) is 5.95 Å². The topological polar surface area (TPSA) is 143 Å². The number of amides is 1. The third-order valence-corrected chi connectivity index (χ3v) is 5.30. The molecule has 0 saturated heterocycles. The van der Waals surface area contributed by atoms with Gasteiger partial charge in [0.25, 0.3) is 5.91 Å². The highest BCUT2D eigenvalue weighted by Gasteiger charge is 2.32. The molecule has 3 aromatic heterocycles. The molecule has 0 radical (unpaired) electrons. The second-order valence-electron chi connectivity index (χ2n) is 8.01. The van der Waals surface area contributed by atoms with Crippen molar-refractivity contribution in [3.05, 3.63) is 77.4 Å². The zero-order valence-electron chi connectivity index (χ0n) is 19.8. The minimum atomic E-state index is -4.67. The van der Waals surface area contributed by atoms with E-state index < -0.39 is 23.3 Å². The molecule has 3 heterocycles. The molecule has 10 nitrogen and oxygen atoms in total. The molecule has 0 spiro atoms. The summed E-state index contributed by atoms with van der Waals surface area (Å²) in [7, 11) is 0. The van der Waals surface area contributed by atoms with Crippen molar-refractivity contribution >= 4 is 23.8 Å². The van der Waals surface area contributed by atoms with Crippen LogP contribution in [0, 0.1) is 6.92 Å². The van der Waals surface area contributed by atoms with E-state index in [1.165, 1.54) is 6.20 Å². The number of benzene rings is 1. The summed E-state index contributed by atoms with van der Waals surface area (Å²) in [5.41, 5.74) is 1.81. The Labute approximate surface area is 214 Å². The van der Waals surface area contributed by atoms with E-state index in [1.54, 1.807) is 36.4 Å². The maximum Gasteiger partial charge on any atom is 0.418 e. The number of alkyl halides is 3. The van der Waals surface area contributed by atoms with E-state index in [1.807, 2.05) is 6.92 Å². The van der Waals surface area contributed by atoms with Gasteiger partial charge in [0, 0.05) is 29.6 Å². The average Bonchev–Trinajstić information content (AvgIpc) is 2.92. The monoisotopic (exact) mass is 523 g/mol. The first-order valence-corrected chi connectivity index (χ1v) is 11.2. The smallest absolute Gasteiger partial charge is 0.395 e. The van der Waals surface area contributed by atoms with Crippen LogP contribution in [0.3, 0.4) is 0 Å². The molecule has 38 heavy (non-hydrogen) atoms. The van der Waals surface area contributed by atoms with Crippen LogP contribution in [0.5, 0.6) is 0 Å². The molecule has 1 amide bonds. The van der Waals surface area contributed by atoms with Gasteiger partial charge in [-0.15, -0.1) is 5.10 Å². The van der Waals surface area contributed by atoms with Crippen molar-refractivity contribution in [1.82, 2.24) is 25.1 Å². The molecule has 1 aromatic carbocycles. The van der Waals surface area contributed by atoms with E-state index in [-0.39, 0.29) is 30.5 Å². The molecule has 0 unspecified atom stereocenters. The van der Waals surface area contributed by atoms with Crippen LogP contribution in [0.15, 0.2) is 54.9 Å². The minimum Gasteiger partial charge on any atom is -0.395 e. The lowest BCUT2D eigenvalue weighted by Crippen LogP contribution is -2.16. The quantitative estimate of drug-likeness (QED) is 0.294. The fourth-order valence-electron chi connectivity index (χ4n) is 3.46. The SMILES string of the molecule is Cc1ccc(NC(=O)c2cc(C(F)(F)F)cnn2)cc1-c1cc(-c2ccnc(C=O)c2)nc(NCCO)n1. The number of aryl methyl sites for hydroxylation is 1. The van der Waals surface area contributed by atoms with Gasteiger partial charge < -0.3 is 15.7 Å². The highest BCUT2D eigenvalue weighted by molar-refractivity contribution is 6.03. The molecule has 13 heteroatoms. The first-order chi connectivity index (χ1) is 18.2. The first kappa shape index (κ1) is 26.3. The summed E-state index contributed by atoms with van der Waals surface area (Å²) in [5, 5.41) is 21.4. The van der Waals surface area contributed by atoms with Gasteiger partial charge in [0.15, 0.2) is 12.0 Å². The van der Waals surface area contributed by atoms with Crippen LogP contribution < -0.4 is 10.6 Å². The molecule has 0 atom stereocenters. The Morgan fingerprint density at radius 2 is 1.87 bits per heavy atom. The summed E-state index contributed by atoms with van der Waals surface area (Å²) in [6.45, 7) is 1.84. The van der Waals surface area contributed by atoms with Crippen LogP contribution in [0.1, 0.15) is 32.1 Å². The van der Waals surface area contributed by atoms with Gasteiger partial charge in [0.05, 0.1) is 29.8 Å². The molecular formula is C25H20F3N7O3. The average molecular weight is 523 g/mol. The van der Waals surface area contributed by atoms with Crippen LogP contribution in [-0.4, -0.2) is 55.6 Å². The lowest BCUT2D eigenvalue weighted by Gasteiger charge is -2.13. The Bertz CT molecular complexity index is 1500. The predicted molar refractivity (Wildman–Crippen MR) is 131 cm³/mol. The van der Waals surface area contributed by atoms with E-state index in [4.69, 9.17) is 0 Å². The number of hydrogen-bond acceptors (Lipinski definition) is 9. The number of aliphatic hydroxyl groups excluding tert-OH is 1. The van der Waals surface area contributed by atoms with E-state index >= 15 is 0 Å². The molecule has 0 aliphatic heterocycles. The number of carbonyl (C=O) groups excluding carboxylic acids is 2. The molecule has 0 fully saturated rings. The van der Waals surface area contributed by atoms with Crippen LogP contribution in [0.2, 0.25) is 0 Å².